The van der Waals surface area contributed by atoms with E-state index in [1.165, 1.54) is 6.07 Å². The van der Waals surface area contributed by atoms with Crippen molar-refractivity contribution in [2.24, 2.45) is 0 Å². The lowest BCUT2D eigenvalue weighted by Crippen LogP contribution is -2.16. The Morgan fingerprint density at radius 1 is 1.44 bits per heavy atom. The standard InChI is InChI=1S/C12H13BrFN3O/c1-8-16-12(18-17-8)4-5-15-7-9-2-3-10(13)11(14)6-9/h2-3,6,15H,4-5,7H2,1H3. The maximum atomic E-state index is 13.2. The molecule has 0 radical (unpaired) electrons. The van der Waals surface area contributed by atoms with E-state index in [1.807, 2.05) is 6.07 Å². The fourth-order valence-corrected chi connectivity index (χ4v) is 1.77. The van der Waals surface area contributed by atoms with Crippen molar-refractivity contribution < 1.29 is 8.91 Å². The molecule has 1 aromatic heterocycles. The van der Waals surface area contributed by atoms with Crippen molar-refractivity contribution in [1.29, 1.82) is 0 Å². The molecule has 1 N–H and O–H groups in total. The molecular weight excluding hydrogens is 301 g/mol. The van der Waals surface area contributed by atoms with Crippen molar-refractivity contribution in [2.45, 2.75) is 19.9 Å². The first kappa shape index (κ1) is 13.2. The van der Waals surface area contributed by atoms with E-state index >= 15 is 0 Å². The summed E-state index contributed by atoms with van der Waals surface area (Å²) in [5, 5.41) is 6.90. The smallest absolute Gasteiger partial charge is 0.227 e. The highest BCUT2D eigenvalue weighted by Gasteiger charge is 2.03. The average Bonchev–Trinajstić information content (AvgIpc) is 2.75. The number of aromatic nitrogens is 2. The van der Waals surface area contributed by atoms with Gasteiger partial charge in [0.15, 0.2) is 5.82 Å². The monoisotopic (exact) mass is 313 g/mol. The van der Waals surface area contributed by atoms with Gasteiger partial charge in [-0.3, -0.25) is 0 Å². The lowest BCUT2D eigenvalue weighted by atomic mass is 10.2. The Labute approximate surface area is 113 Å². The second-order valence-corrected chi connectivity index (χ2v) is 4.76. The number of halogens is 2. The fourth-order valence-electron chi connectivity index (χ4n) is 1.52. The van der Waals surface area contributed by atoms with Crippen LogP contribution in [-0.2, 0) is 13.0 Å². The van der Waals surface area contributed by atoms with Gasteiger partial charge in [-0.15, -0.1) is 0 Å². The Balaban J connectivity index is 1.76. The van der Waals surface area contributed by atoms with Crippen LogP contribution in [0.1, 0.15) is 17.3 Å². The van der Waals surface area contributed by atoms with Gasteiger partial charge in [0.25, 0.3) is 0 Å². The van der Waals surface area contributed by atoms with E-state index < -0.39 is 0 Å². The number of rotatable bonds is 5. The van der Waals surface area contributed by atoms with E-state index in [4.69, 9.17) is 4.52 Å². The topological polar surface area (TPSA) is 51.0 Å². The largest absolute Gasteiger partial charge is 0.339 e. The molecule has 0 aliphatic rings. The van der Waals surface area contributed by atoms with Crippen molar-refractivity contribution in [3.8, 4) is 0 Å². The van der Waals surface area contributed by atoms with Crippen molar-refractivity contribution in [2.75, 3.05) is 6.54 Å². The zero-order valence-electron chi connectivity index (χ0n) is 9.91. The van der Waals surface area contributed by atoms with E-state index in [0.717, 1.165) is 5.56 Å². The highest BCUT2D eigenvalue weighted by Crippen LogP contribution is 2.16. The lowest BCUT2D eigenvalue weighted by Gasteiger charge is -2.04. The minimum Gasteiger partial charge on any atom is -0.339 e. The number of aryl methyl sites for hydroxylation is 1. The SMILES string of the molecule is Cc1noc(CCNCc2ccc(Br)c(F)c2)n1. The lowest BCUT2D eigenvalue weighted by molar-refractivity contribution is 0.372. The van der Waals surface area contributed by atoms with E-state index in [0.29, 0.717) is 35.7 Å². The first-order valence-electron chi connectivity index (χ1n) is 5.59. The van der Waals surface area contributed by atoms with Gasteiger partial charge in [0.1, 0.15) is 5.82 Å². The van der Waals surface area contributed by atoms with Crippen LogP contribution in [0.25, 0.3) is 0 Å². The van der Waals surface area contributed by atoms with Gasteiger partial charge in [0, 0.05) is 19.5 Å². The third kappa shape index (κ3) is 3.61. The molecule has 96 valence electrons. The second kappa shape index (κ2) is 6.06. The summed E-state index contributed by atoms with van der Waals surface area (Å²) in [4.78, 5) is 4.10. The highest BCUT2D eigenvalue weighted by atomic mass is 79.9. The van der Waals surface area contributed by atoms with Gasteiger partial charge < -0.3 is 9.84 Å². The van der Waals surface area contributed by atoms with Crippen molar-refractivity contribution in [3.63, 3.8) is 0 Å². The third-order valence-corrected chi connectivity index (χ3v) is 3.04. The summed E-state index contributed by atoms with van der Waals surface area (Å²) >= 11 is 3.12. The molecule has 0 atom stereocenters. The molecule has 18 heavy (non-hydrogen) atoms. The molecule has 0 saturated carbocycles. The average molecular weight is 314 g/mol. The van der Waals surface area contributed by atoms with Gasteiger partial charge >= 0.3 is 0 Å². The van der Waals surface area contributed by atoms with Crippen LogP contribution in [0.5, 0.6) is 0 Å². The molecule has 0 spiro atoms. The van der Waals surface area contributed by atoms with Gasteiger partial charge in [-0.05, 0) is 40.5 Å². The normalized spacial score (nSPS) is 10.8. The van der Waals surface area contributed by atoms with Crippen molar-refractivity contribution in [3.05, 3.63) is 45.8 Å². The van der Waals surface area contributed by atoms with Crippen LogP contribution in [0, 0.1) is 12.7 Å². The minimum absolute atomic E-state index is 0.248. The molecule has 0 unspecified atom stereocenters. The van der Waals surface area contributed by atoms with Crippen LogP contribution < -0.4 is 5.32 Å². The molecule has 0 aliphatic heterocycles. The molecule has 0 bridgehead atoms. The van der Waals surface area contributed by atoms with Crippen LogP contribution >= 0.6 is 15.9 Å². The molecule has 1 aromatic carbocycles. The van der Waals surface area contributed by atoms with Gasteiger partial charge in [-0.1, -0.05) is 11.2 Å². The number of benzene rings is 1. The Hall–Kier alpha value is -1.27. The summed E-state index contributed by atoms with van der Waals surface area (Å²) in [5.41, 5.74) is 0.900. The summed E-state index contributed by atoms with van der Waals surface area (Å²) in [7, 11) is 0. The fraction of sp³-hybridized carbons (Fsp3) is 0.333. The van der Waals surface area contributed by atoms with Crippen molar-refractivity contribution >= 4 is 15.9 Å². The molecule has 0 amide bonds. The third-order valence-electron chi connectivity index (χ3n) is 2.40. The summed E-state index contributed by atoms with van der Waals surface area (Å²) < 4.78 is 18.7. The molecular formula is C12H13BrFN3O. The Morgan fingerprint density at radius 3 is 2.94 bits per heavy atom. The minimum atomic E-state index is -0.248. The summed E-state index contributed by atoms with van der Waals surface area (Å²) in [6.07, 6.45) is 0.667. The summed E-state index contributed by atoms with van der Waals surface area (Å²) in [6.45, 7) is 3.10. The number of nitrogens with one attached hydrogen (secondary N) is 1. The van der Waals surface area contributed by atoms with Gasteiger partial charge in [-0.25, -0.2) is 4.39 Å². The van der Waals surface area contributed by atoms with Crippen LogP contribution in [0.15, 0.2) is 27.2 Å². The van der Waals surface area contributed by atoms with Gasteiger partial charge in [0.05, 0.1) is 4.47 Å². The molecule has 2 aromatic rings. The zero-order valence-corrected chi connectivity index (χ0v) is 11.5. The van der Waals surface area contributed by atoms with E-state index in [2.05, 4.69) is 31.4 Å². The summed E-state index contributed by atoms with van der Waals surface area (Å²) in [5.74, 6) is 1.00. The maximum absolute atomic E-state index is 13.2. The molecule has 0 aliphatic carbocycles. The first-order chi connectivity index (χ1) is 8.65. The van der Waals surface area contributed by atoms with Crippen LogP contribution in [0.2, 0.25) is 0 Å². The van der Waals surface area contributed by atoms with Crippen LogP contribution in [-0.4, -0.2) is 16.7 Å². The molecule has 2 rings (SSSR count). The molecule has 1 heterocycles. The summed E-state index contributed by atoms with van der Waals surface area (Å²) in [6, 6.07) is 5.08. The Morgan fingerprint density at radius 2 is 2.28 bits per heavy atom. The number of hydrogen-bond donors (Lipinski definition) is 1. The highest BCUT2D eigenvalue weighted by molar-refractivity contribution is 9.10. The van der Waals surface area contributed by atoms with Crippen molar-refractivity contribution in [1.82, 2.24) is 15.5 Å². The number of hydrogen-bond acceptors (Lipinski definition) is 4. The quantitative estimate of drug-likeness (QED) is 0.862. The predicted octanol–water partition coefficient (Wildman–Crippen LogP) is 2.61. The van der Waals surface area contributed by atoms with Gasteiger partial charge in [-0.2, -0.15) is 4.98 Å². The van der Waals surface area contributed by atoms with E-state index in [-0.39, 0.29) is 5.82 Å². The molecule has 0 fully saturated rings. The predicted molar refractivity (Wildman–Crippen MR) is 68.5 cm³/mol. The van der Waals surface area contributed by atoms with E-state index in [1.54, 1.807) is 13.0 Å². The Bertz CT molecular complexity index is 530. The zero-order chi connectivity index (χ0) is 13.0. The van der Waals surface area contributed by atoms with Gasteiger partial charge in [0.2, 0.25) is 5.89 Å². The molecule has 4 nitrogen and oxygen atoms in total. The maximum Gasteiger partial charge on any atom is 0.227 e. The Kier molecular flexibility index (Phi) is 4.43. The molecule has 0 saturated heterocycles. The van der Waals surface area contributed by atoms with Crippen LogP contribution in [0.3, 0.4) is 0 Å². The number of nitrogens with zero attached hydrogens (tertiary/aromatic N) is 2. The van der Waals surface area contributed by atoms with E-state index in [9.17, 15) is 4.39 Å². The van der Waals surface area contributed by atoms with Crippen LogP contribution in [0.4, 0.5) is 4.39 Å². The second-order valence-electron chi connectivity index (χ2n) is 3.91. The first-order valence-corrected chi connectivity index (χ1v) is 6.38. The molecule has 6 heteroatoms.